The molecule has 1 heterocycles. The molecule has 1 nitrogen and oxygen atoms in total. The molecule has 2 rings (SSSR count). The third kappa shape index (κ3) is 3.36. The fourth-order valence-electron chi connectivity index (χ4n) is 2.90. The van der Waals surface area contributed by atoms with Gasteiger partial charge < -0.3 is 0 Å². The molecule has 1 aromatic rings. The number of alkyl halides is 1. The summed E-state index contributed by atoms with van der Waals surface area (Å²) >= 11 is 0. The standard InChI is InChI=1S/C17H26FN/c1-12(2)14-5-7-15(8-6-14)16-9-10-19(13(3)4)11-17(16)18/h5-8,12-13,16-17H,9-11H2,1-4H3/t16-,17+/m1/s1. The van der Waals surface area contributed by atoms with Gasteiger partial charge in [0.05, 0.1) is 0 Å². The zero-order chi connectivity index (χ0) is 14.0. The van der Waals surface area contributed by atoms with Crippen LogP contribution in [0.2, 0.25) is 0 Å². The average Bonchev–Trinajstić information content (AvgIpc) is 2.38. The van der Waals surface area contributed by atoms with Crippen LogP contribution in [0.3, 0.4) is 0 Å². The molecule has 2 heteroatoms. The number of benzene rings is 1. The van der Waals surface area contributed by atoms with Crippen LogP contribution in [0.25, 0.3) is 0 Å². The van der Waals surface area contributed by atoms with E-state index in [4.69, 9.17) is 0 Å². The molecule has 0 aromatic heterocycles. The quantitative estimate of drug-likeness (QED) is 0.784. The van der Waals surface area contributed by atoms with Crippen molar-refractivity contribution in [3.8, 4) is 0 Å². The van der Waals surface area contributed by atoms with Crippen molar-refractivity contribution in [1.82, 2.24) is 4.90 Å². The second kappa shape index (κ2) is 6.04. The van der Waals surface area contributed by atoms with E-state index in [-0.39, 0.29) is 5.92 Å². The summed E-state index contributed by atoms with van der Waals surface area (Å²) in [5, 5.41) is 0. The lowest BCUT2D eigenvalue weighted by Gasteiger charge is -2.37. The van der Waals surface area contributed by atoms with Crippen LogP contribution in [-0.2, 0) is 0 Å². The van der Waals surface area contributed by atoms with Gasteiger partial charge in [0.15, 0.2) is 0 Å². The maximum absolute atomic E-state index is 14.4. The number of rotatable bonds is 3. The van der Waals surface area contributed by atoms with Crippen LogP contribution < -0.4 is 0 Å². The minimum Gasteiger partial charge on any atom is -0.298 e. The smallest absolute Gasteiger partial charge is 0.120 e. The summed E-state index contributed by atoms with van der Waals surface area (Å²) in [4.78, 5) is 2.24. The van der Waals surface area contributed by atoms with Crippen LogP contribution in [0, 0.1) is 0 Å². The van der Waals surface area contributed by atoms with E-state index in [9.17, 15) is 4.39 Å². The maximum Gasteiger partial charge on any atom is 0.120 e. The highest BCUT2D eigenvalue weighted by atomic mass is 19.1. The van der Waals surface area contributed by atoms with Crippen molar-refractivity contribution >= 4 is 0 Å². The molecule has 0 amide bonds. The second-order valence-corrected chi connectivity index (χ2v) is 6.32. The van der Waals surface area contributed by atoms with E-state index in [1.54, 1.807) is 0 Å². The van der Waals surface area contributed by atoms with Gasteiger partial charge in [-0.15, -0.1) is 0 Å². The molecule has 2 atom stereocenters. The summed E-state index contributed by atoms with van der Waals surface area (Å²) in [5.74, 6) is 0.620. The minimum absolute atomic E-state index is 0.0798. The first kappa shape index (κ1) is 14.5. The molecule has 1 saturated heterocycles. The van der Waals surface area contributed by atoms with Crippen LogP contribution in [0.1, 0.15) is 57.1 Å². The molecule has 0 saturated carbocycles. The molecular formula is C17H26FN. The Morgan fingerprint density at radius 1 is 1.11 bits per heavy atom. The van der Waals surface area contributed by atoms with Crippen LogP contribution in [0.5, 0.6) is 0 Å². The van der Waals surface area contributed by atoms with Gasteiger partial charge in [0.25, 0.3) is 0 Å². The van der Waals surface area contributed by atoms with Gasteiger partial charge in [0.1, 0.15) is 6.17 Å². The first-order valence-electron chi connectivity index (χ1n) is 7.47. The number of halogens is 1. The molecule has 0 aliphatic carbocycles. The molecular weight excluding hydrogens is 237 g/mol. The van der Waals surface area contributed by atoms with Crippen LogP contribution in [-0.4, -0.2) is 30.2 Å². The fraction of sp³-hybridized carbons (Fsp3) is 0.647. The van der Waals surface area contributed by atoms with E-state index < -0.39 is 6.17 Å². The lowest BCUT2D eigenvalue weighted by molar-refractivity contribution is 0.0940. The highest BCUT2D eigenvalue weighted by Gasteiger charge is 2.31. The third-order valence-electron chi connectivity index (χ3n) is 4.33. The molecule has 1 fully saturated rings. The fourth-order valence-corrected chi connectivity index (χ4v) is 2.90. The van der Waals surface area contributed by atoms with Crippen molar-refractivity contribution in [2.24, 2.45) is 0 Å². The van der Waals surface area contributed by atoms with Crippen molar-refractivity contribution in [3.63, 3.8) is 0 Å². The summed E-state index contributed by atoms with van der Waals surface area (Å²) in [5.41, 5.74) is 2.50. The van der Waals surface area contributed by atoms with Crippen molar-refractivity contribution in [2.75, 3.05) is 13.1 Å². The van der Waals surface area contributed by atoms with Crippen molar-refractivity contribution in [3.05, 3.63) is 35.4 Å². The summed E-state index contributed by atoms with van der Waals surface area (Å²) in [6.45, 7) is 10.3. The lowest BCUT2D eigenvalue weighted by atomic mass is 9.86. The molecule has 0 radical (unpaired) electrons. The Bertz CT molecular complexity index is 396. The molecule has 0 spiro atoms. The number of hydrogen-bond acceptors (Lipinski definition) is 1. The van der Waals surface area contributed by atoms with E-state index in [2.05, 4.69) is 56.9 Å². The van der Waals surface area contributed by atoms with E-state index >= 15 is 0 Å². The first-order valence-corrected chi connectivity index (χ1v) is 7.47. The Labute approximate surface area is 116 Å². The van der Waals surface area contributed by atoms with Crippen LogP contribution in [0.4, 0.5) is 4.39 Å². The van der Waals surface area contributed by atoms with Gasteiger partial charge in [0.2, 0.25) is 0 Å². The van der Waals surface area contributed by atoms with Gasteiger partial charge in [-0.25, -0.2) is 4.39 Å². The SMILES string of the molecule is CC(C)c1ccc([C@H]2CCN(C(C)C)C[C@@H]2F)cc1. The van der Waals surface area contributed by atoms with Gasteiger partial charge in [-0.05, 0) is 43.9 Å². The molecule has 19 heavy (non-hydrogen) atoms. The number of likely N-dealkylation sites (tertiary alicyclic amines) is 1. The largest absolute Gasteiger partial charge is 0.298 e. The Kier molecular flexibility index (Phi) is 4.62. The lowest BCUT2D eigenvalue weighted by Crippen LogP contribution is -2.44. The Morgan fingerprint density at radius 2 is 1.74 bits per heavy atom. The van der Waals surface area contributed by atoms with Gasteiger partial charge in [0, 0.05) is 18.5 Å². The normalized spacial score (nSPS) is 25.2. The highest BCUT2D eigenvalue weighted by Crippen LogP contribution is 2.32. The van der Waals surface area contributed by atoms with Gasteiger partial charge >= 0.3 is 0 Å². The summed E-state index contributed by atoms with van der Waals surface area (Å²) in [7, 11) is 0. The second-order valence-electron chi connectivity index (χ2n) is 6.32. The predicted octanol–water partition coefficient (Wildman–Crippen LogP) is 4.35. The van der Waals surface area contributed by atoms with Crippen molar-refractivity contribution < 1.29 is 4.39 Å². The zero-order valence-corrected chi connectivity index (χ0v) is 12.6. The molecule has 106 valence electrons. The third-order valence-corrected chi connectivity index (χ3v) is 4.33. The van der Waals surface area contributed by atoms with E-state index in [1.807, 2.05) is 0 Å². The van der Waals surface area contributed by atoms with Crippen molar-refractivity contribution in [1.29, 1.82) is 0 Å². The van der Waals surface area contributed by atoms with Crippen LogP contribution in [0.15, 0.2) is 24.3 Å². The Morgan fingerprint density at radius 3 is 2.21 bits per heavy atom. The predicted molar refractivity (Wildman–Crippen MR) is 79.5 cm³/mol. The summed E-state index contributed by atoms with van der Waals surface area (Å²) in [6, 6.07) is 9.00. The first-order chi connectivity index (χ1) is 8.99. The van der Waals surface area contributed by atoms with E-state index in [0.717, 1.165) is 13.0 Å². The van der Waals surface area contributed by atoms with Crippen molar-refractivity contribution in [2.45, 2.75) is 58.2 Å². The van der Waals surface area contributed by atoms with Crippen LogP contribution >= 0.6 is 0 Å². The molecule has 0 unspecified atom stereocenters. The zero-order valence-electron chi connectivity index (χ0n) is 12.6. The highest BCUT2D eigenvalue weighted by molar-refractivity contribution is 5.28. The molecule has 1 aliphatic heterocycles. The number of piperidine rings is 1. The molecule has 0 N–H and O–H groups in total. The Hall–Kier alpha value is -0.890. The number of hydrogen-bond donors (Lipinski definition) is 0. The van der Waals surface area contributed by atoms with E-state index in [1.165, 1.54) is 11.1 Å². The number of nitrogens with zero attached hydrogens (tertiary/aromatic N) is 1. The average molecular weight is 263 g/mol. The molecule has 1 aromatic carbocycles. The van der Waals surface area contributed by atoms with Gasteiger partial charge in [-0.1, -0.05) is 38.1 Å². The summed E-state index contributed by atoms with van der Waals surface area (Å²) in [6.07, 6.45) is 0.196. The minimum atomic E-state index is -0.735. The van der Waals surface area contributed by atoms with Gasteiger partial charge in [-0.2, -0.15) is 0 Å². The van der Waals surface area contributed by atoms with E-state index in [0.29, 0.717) is 18.5 Å². The van der Waals surface area contributed by atoms with Gasteiger partial charge in [-0.3, -0.25) is 4.90 Å². The summed E-state index contributed by atoms with van der Waals surface area (Å²) < 4.78 is 14.4. The topological polar surface area (TPSA) is 3.24 Å². The monoisotopic (exact) mass is 263 g/mol. The maximum atomic E-state index is 14.4. The molecule has 0 bridgehead atoms. The molecule has 1 aliphatic rings. The Balaban J connectivity index is 2.06.